The van der Waals surface area contributed by atoms with Crippen LogP contribution >= 0.6 is 23.4 Å². The minimum atomic E-state index is -0.454. The Morgan fingerprint density at radius 3 is 2.50 bits per heavy atom. The molecule has 0 bridgehead atoms. The van der Waals surface area contributed by atoms with E-state index in [0.29, 0.717) is 11.6 Å². The number of anilines is 1. The molecule has 6 heteroatoms. The third-order valence-electron chi connectivity index (χ3n) is 2.82. The van der Waals surface area contributed by atoms with Crippen LogP contribution in [0.4, 0.5) is 11.4 Å². The third-order valence-corrected chi connectivity index (χ3v) is 3.92. The molecule has 0 aliphatic carbocycles. The van der Waals surface area contributed by atoms with Crippen LogP contribution in [-0.4, -0.2) is 11.2 Å². The molecule has 0 saturated carbocycles. The fourth-order valence-electron chi connectivity index (χ4n) is 1.70. The van der Waals surface area contributed by atoms with Crippen molar-refractivity contribution in [3.8, 4) is 0 Å². The second-order valence-electron chi connectivity index (χ2n) is 4.11. The van der Waals surface area contributed by atoms with Crippen molar-refractivity contribution in [1.82, 2.24) is 0 Å². The standard InChI is InChI=1S/C14H13ClN2O2S/c1-20-13-6-3-11(4-7-13)16-9-10-2-5-12(17(18)19)8-14(10)15/h2-8,16H,9H2,1H3. The minimum Gasteiger partial charge on any atom is -0.381 e. The van der Waals surface area contributed by atoms with Gasteiger partial charge in [0.15, 0.2) is 0 Å². The lowest BCUT2D eigenvalue weighted by atomic mass is 10.2. The zero-order chi connectivity index (χ0) is 14.5. The van der Waals surface area contributed by atoms with E-state index in [1.807, 2.05) is 30.5 Å². The Morgan fingerprint density at radius 1 is 1.25 bits per heavy atom. The van der Waals surface area contributed by atoms with E-state index in [-0.39, 0.29) is 5.69 Å². The van der Waals surface area contributed by atoms with Gasteiger partial charge in [0.2, 0.25) is 0 Å². The Hall–Kier alpha value is -1.72. The summed E-state index contributed by atoms with van der Waals surface area (Å²) in [6.45, 7) is 0.523. The fourth-order valence-corrected chi connectivity index (χ4v) is 2.35. The molecule has 0 aliphatic rings. The van der Waals surface area contributed by atoms with Gasteiger partial charge in [0, 0.05) is 29.3 Å². The number of hydrogen-bond acceptors (Lipinski definition) is 4. The van der Waals surface area contributed by atoms with Crippen molar-refractivity contribution in [3.05, 3.63) is 63.2 Å². The molecule has 2 aromatic carbocycles. The highest BCUT2D eigenvalue weighted by molar-refractivity contribution is 7.98. The van der Waals surface area contributed by atoms with Gasteiger partial charge in [-0.05, 0) is 42.2 Å². The molecule has 1 N–H and O–H groups in total. The first kappa shape index (κ1) is 14.7. The Bertz CT molecular complexity index is 617. The molecule has 0 spiro atoms. The molecule has 0 heterocycles. The van der Waals surface area contributed by atoms with E-state index in [0.717, 1.165) is 11.3 Å². The van der Waals surface area contributed by atoms with E-state index in [1.165, 1.54) is 17.0 Å². The van der Waals surface area contributed by atoms with Crippen LogP contribution in [0.25, 0.3) is 0 Å². The molecule has 2 rings (SSSR count). The number of nitro benzene ring substituents is 1. The molecular formula is C14H13ClN2O2S. The molecule has 0 saturated heterocycles. The van der Waals surface area contributed by atoms with Gasteiger partial charge in [-0.1, -0.05) is 11.6 Å². The van der Waals surface area contributed by atoms with Gasteiger partial charge in [0.25, 0.3) is 5.69 Å². The summed E-state index contributed by atoms with van der Waals surface area (Å²) in [7, 11) is 0. The van der Waals surface area contributed by atoms with E-state index in [2.05, 4.69) is 5.32 Å². The van der Waals surface area contributed by atoms with Crippen LogP contribution in [0.2, 0.25) is 5.02 Å². The quantitative estimate of drug-likeness (QED) is 0.499. The Kier molecular flexibility index (Phi) is 4.87. The lowest BCUT2D eigenvalue weighted by molar-refractivity contribution is -0.384. The van der Waals surface area contributed by atoms with Crippen molar-refractivity contribution in [2.45, 2.75) is 11.4 Å². The van der Waals surface area contributed by atoms with Crippen molar-refractivity contribution in [3.63, 3.8) is 0 Å². The predicted molar refractivity (Wildman–Crippen MR) is 83.7 cm³/mol. The van der Waals surface area contributed by atoms with E-state index in [1.54, 1.807) is 17.8 Å². The zero-order valence-corrected chi connectivity index (χ0v) is 12.4. The van der Waals surface area contributed by atoms with E-state index in [4.69, 9.17) is 11.6 Å². The van der Waals surface area contributed by atoms with Crippen LogP contribution in [0.15, 0.2) is 47.4 Å². The molecule has 0 aromatic heterocycles. The molecule has 20 heavy (non-hydrogen) atoms. The highest BCUT2D eigenvalue weighted by Crippen LogP contribution is 2.24. The molecule has 0 amide bonds. The van der Waals surface area contributed by atoms with E-state index in [9.17, 15) is 10.1 Å². The first-order chi connectivity index (χ1) is 9.60. The van der Waals surface area contributed by atoms with Gasteiger partial charge in [-0.25, -0.2) is 0 Å². The van der Waals surface area contributed by atoms with Gasteiger partial charge < -0.3 is 5.32 Å². The van der Waals surface area contributed by atoms with Crippen LogP contribution in [0.3, 0.4) is 0 Å². The smallest absolute Gasteiger partial charge is 0.270 e. The Labute approximate surface area is 126 Å². The van der Waals surface area contributed by atoms with Crippen molar-refractivity contribution in [2.24, 2.45) is 0 Å². The van der Waals surface area contributed by atoms with Crippen molar-refractivity contribution < 1.29 is 4.92 Å². The number of hydrogen-bond donors (Lipinski definition) is 1. The molecule has 4 nitrogen and oxygen atoms in total. The number of non-ortho nitro benzene ring substituents is 1. The summed E-state index contributed by atoms with van der Waals surface area (Å²) >= 11 is 7.73. The summed E-state index contributed by atoms with van der Waals surface area (Å²) in [5.74, 6) is 0. The highest BCUT2D eigenvalue weighted by Gasteiger charge is 2.09. The summed E-state index contributed by atoms with van der Waals surface area (Å²) in [5, 5.41) is 14.3. The van der Waals surface area contributed by atoms with Crippen LogP contribution in [0, 0.1) is 10.1 Å². The first-order valence-electron chi connectivity index (χ1n) is 5.91. The van der Waals surface area contributed by atoms with E-state index >= 15 is 0 Å². The normalized spacial score (nSPS) is 10.3. The Morgan fingerprint density at radius 2 is 1.95 bits per heavy atom. The average Bonchev–Trinajstić information content (AvgIpc) is 2.46. The Balaban J connectivity index is 2.04. The summed E-state index contributed by atoms with van der Waals surface area (Å²) in [5.41, 5.74) is 1.81. The van der Waals surface area contributed by atoms with Gasteiger partial charge >= 0.3 is 0 Å². The molecule has 0 atom stereocenters. The molecule has 104 valence electrons. The summed E-state index contributed by atoms with van der Waals surface area (Å²) in [4.78, 5) is 11.4. The number of nitro groups is 1. The number of rotatable bonds is 5. The van der Waals surface area contributed by atoms with Crippen molar-refractivity contribution in [2.75, 3.05) is 11.6 Å². The SMILES string of the molecule is CSc1ccc(NCc2ccc([N+](=O)[O-])cc2Cl)cc1. The van der Waals surface area contributed by atoms with Crippen LogP contribution in [-0.2, 0) is 6.54 Å². The van der Waals surface area contributed by atoms with Crippen LogP contribution in [0.1, 0.15) is 5.56 Å². The summed E-state index contributed by atoms with van der Waals surface area (Å²) < 4.78 is 0. The summed E-state index contributed by atoms with van der Waals surface area (Å²) in [6, 6.07) is 12.5. The first-order valence-corrected chi connectivity index (χ1v) is 7.51. The number of benzene rings is 2. The zero-order valence-electron chi connectivity index (χ0n) is 10.8. The van der Waals surface area contributed by atoms with Crippen molar-refractivity contribution in [1.29, 1.82) is 0 Å². The predicted octanol–water partition coefficient (Wildman–Crippen LogP) is 4.58. The number of nitrogens with zero attached hydrogens (tertiary/aromatic N) is 1. The van der Waals surface area contributed by atoms with Crippen LogP contribution < -0.4 is 5.32 Å². The maximum absolute atomic E-state index is 10.6. The maximum Gasteiger partial charge on any atom is 0.270 e. The second kappa shape index (κ2) is 6.63. The lowest BCUT2D eigenvalue weighted by Crippen LogP contribution is -2.00. The van der Waals surface area contributed by atoms with Crippen LogP contribution in [0.5, 0.6) is 0 Å². The largest absolute Gasteiger partial charge is 0.381 e. The van der Waals surface area contributed by atoms with Gasteiger partial charge in [0.05, 0.1) is 9.95 Å². The lowest BCUT2D eigenvalue weighted by Gasteiger charge is -2.08. The third kappa shape index (κ3) is 3.65. The molecular weight excluding hydrogens is 296 g/mol. The minimum absolute atomic E-state index is 0.00285. The van der Waals surface area contributed by atoms with Gasteiger partial charge in [-0.15, -0.1) is 11.8 Å². The van der Waals surface area contributed by atoms with Gasteiger partial charge in [-0.2, -0.15) is 0 Å². The fraction of sp³-hybridized carbons (Fsp3) is 0.143. The van der Waals surface area contributed by atoms with Gasteiger partial charge in [0.1, 0.15) is 0 Å². The summed E-state index contributed by atoms with van der Waals surface area (Å²) in [6.07, 6.45) is 2.03. The van der Waals surface area contributed by atoms with E-state index < -0.39 is 4.92 Å². The average molecular weight is 309 g/mol. The second-order valence-corrected chi connectivity index (χ2v) is 5.40. The number of halogens is 1. The van der Waals surface area contributed by atoms with Crippen molar-refractivity contribution >= 4 is 34.7 Å². The number of thioether (sulfide) groups is 1. The monoisotopic (exact) mass is 308 g/mol. The topological polar surface area (TPSA) is 55.2 Å². The molecule has 2 aromatic rings. The number of nitrogens with one attached hydrogen (secondary N) is 1. The van der Waals surface area contributed by atoms with Gasteiger partial charge in [-0.3, -0.25) is 10.1 Å². The molecule has 0 radical (unpaired) electrons. The molecule has 0 aliphatic heterocycles. The molecule has 0 unspecified atom stereocenters. The maximum atomic E-state index is 10.6. The highest BCUT2D eigenvalue weighted by atomic mass is 35.5. The molecule has 0 fully saturated rings.